The Bertz CT molecular complexity index is 585. The molecule has 1 amide bonds. The summed E-state index contributed by atoms with van der Waals surface area (Å²) in [5.74, 6) is 1.10. The Morgan fingerprint density at radius 3 is 3.00 bits per heavy atom. The van der Waals surface area contributed by atoms with Crippen LogP contribution < -0.4 is 5.32 Å². The molecular formula is C13H16N4O2S. The Hall–Kier alpha value is -1.86. The van der Waals surface area contributed by atoms with Gasteiger partial charge in [-0.3, -0.25) is 9.78 Å². The van der Waals surface area contributed by atoms with Crippen molar-refractivity contribution in [3.05, 3.63) is 41.9 Å². The summed E-state index contributed by atoms with van der Waals surface area (Å²) in [5.41, 5.74) is 1.32. The summed E-state index contributed by atoms with van der Waals surface area (Å²) in [5, 5.41) is 6.94. The van der Waals surface area contributed by atoms with E-state index < -0.39 is 11.2 Å². The number of rotatable bonds is 5. The molecule has 0 aliphatic rings. The highest BCUT2D eigenvalue weighted by Crippen LogP contribution is 2.11. The number of aromatic nitrogens is 3. The second kappa shape index (κ2) is 6.53. The van der Waals surface area contributed by atoms with Gasteiger partial charge in [-0.1, -0.05) is 0 Å². The predicted octanol–water partition coefficient (Wildman–Crippen LogP) is 1.56. The third-order valence-electron chi connectivity index (χ3n) is 2.73. The molecule has 2 aromatic heterocycles. The summed E-state index contributed by atoms with van der Waals surface area (Å²) in [6.07, 6.45) is 3.10. The molecule has 20 heavy (non-hydrogen) atoms. The number of pyridine rings is 1. The summed E-state index contributed by atoms with van der Waals surface area (Å²) in [6.45, 7) is 3.72. The smallest absolute Gasteiger partial charge is 0.258 e. The maximum Gasteiger partial charge on any atom is 0.258 e. The van der Waals surface area contributed by atoms with Crippen molar-refractivity contribution in [3.63, 3.8) is 0 Å². The van der Waals surface area contributed by atoms with Gasteiger partial charge >= 0.3 is 0 Å². The van der Waals surface area contributed by atoms with Gasteiger partial charge in [-0.25, -0.2) is 4.68 Å². The number of anilines is 1. The van der Waals surface area contributed by atoms with Gasteiger partial charge in [0.25, 0.3) is 5.91 Å². The van der Waals surface area contributed by atoms with E-state index in [2.05, 4.69) is 15.4 Å². The van der Waals surface area contributed by atoms with Crippen molar-refractivity contribution < 1.29 is 9.35 Å². The van der Waals surface area contributed by atoms with Gasteiger partial charge in [0.2, 0.25) is 0 Å². The maximum atomic E-state index is 12.0. The standard InChI is InChI=1S/C13H16N4O2S/c1-3-20(19)9-17-10(2)7-12(16-17)15-13(18)11-5-4-6-14-8-11/h4-8H,3,9H2,1-2H3,(H,15,16,18). The van der Waals surface area contributed by atoms with E-state index >= 15 is 0 Å². The van der Waals surface area contributed by atoms with Crippen LogP contribution >= 0.6 is 0 Å². The fraction of sp³-hybridized carbons (Fsp3) is 0.308. The monoisotopic (exact) mass is 292 g/mol. The fourth-order valence-corrected chi connectivity index (χ4v) is 2.33. The summed E-state index contributed by atoms with van der Waals surface area (Å²) >= 11 is -0.946. The zero-order valence-electron chi connectivity index (χ0n) is 11.4. The number of carbonyl (C=O) groups is 1. The van der Waals surface area contributed by atoms with Gasteiger partial charge in [-0.05, 0) is 37.2 Å². The average Bonchev–Trinajstić information content (AvgIpc) is 2.79. The highest BCUT2D eigenvalue weighted by Gasteiger charge is 2.12. The molecule has 0 bridgehead atoms. The summed E-state index contributed by atoms with van der Waals surface area (Å²) in [4.78, 5) is 15.8. The normalized spacial score (nSPS) is 12.2. The molecule has 0 saturated heterocycles. The number of hydrogen-bond acceptors (Lipinski definition) is 4. The van der Waals surface area contributed by atoms with Crippen LogP contribution in [0.3, 0.4) is 0 Å². The number of aryl methyl sites for hydroxylation is 1. The van der Waals surface area contributed by atoms with Gasteiger partial charge in [0.15, 0.2) is 11.7 Å². The lowest BCUT2D eigenvalue weighted by Crippen LogP contribution is -2.16. The number of nitrogens with one attached hydrogen (secondary N) is 1. The quantitative estimate of drug-likeness (QED) is 0.848. The van der Waals surface area contributed by atoms with Gasteiger partial charge < -0.3 is 9.87 Å². The summed E-state index contributed by atoms with van der Waals surface area (Å²) in [7, 11) is 0. The third kappa shape index (κ3) is 3.58. The topological polar surface area (TPSA) is 82.9 Å². The van der Waals surface area contributed by atoms with E-state index in [1.54, 1.807) is 29.1 Å². The van der Waals surface area contributed by atoms with Crippen LogP contribution in [0, 0.1) is 6.92 Å². The molecule has 106 valence electrons. The zero-order chi connectivity index (χ0) is 14.5. The molecule has 2 rings (SSSR count). The Morgan fingerprint density at radius 2 is 2.35 bits per heavy atom. The van der Waals surface area contributed by atoms with Gasteiger partial charge in [0.05, 0.1) is 5.56 Å². The maximum absolute atomic E-state index is 12.0. The summed E-state index contributed by atoms with van der Waals surface area (Å²) < 4.78 is 13.2. The van der Waals surface area contributed by atoms with Crippen LogP contribution in [0.4, 0.5) is 5.82 Å². The van der Waals surface area contributed by atoms with Crippen molar-refractivity contribution >= 4 is 22.9 Å². The molecule has 1 N–H and O–H groups in total. The lowest BCUT2D eigenvalue weighted by molar-refractivity contribution is 0.102. The van der Waals surface area contributed by atoms with Crippen molar-refractivity contribution in [3.8, 4) is 0 Å². The fourth-order valence-electron chi connectivity index (χ4n) is 1.62. The van der Waals surface area contributed by atoms with Crippen LogP contribution in [-0.4, -0.2) is 31.0 Å². The number of hydrogen-bond donors (Lipinski definition) is 1. The first-order valence-corrected chi connectivity index (χ1v) is 7.69. The highest BCUT2D eigenvalue weighted by molar-refractivity contribution is 7.90. The van der Waals surface area contributed by atoms with Crippen LogP contribution in [0.15, 0.2) is 30.6 Å². The Balaban J connectivity index is 2.07. The van der Waals surface area contributed by atoms with E-state index in [9.17, 15) is 9.35 Å². The van der Waals surface area contributed by atoms with Crippen molar-refractivity contribution in [2.24, 2.45) is 0 Å². The molecule has 7 heteroatoms. The van der Waals surface area contributed by atoms with Crippen LogP contribution in [0.2, 0.25) is 0 Å². The predicted molar refractivity (Wildman–Crippen MR) is 77.8 cm³/mol. The highest BCUT2D eigenvalue weighted by atomic mass is 32.2. The third-order valence-corrected chi connectivity index (χ3v) is 3.91. The molecule has 2 aromatic rings. The van der Waals surface area contributed by atoms with Crippen molar-refractivity contribution in [2.45, 2.75) is 19.7 Å². The van der Waals surface area contributed by atoms with Crippen molar-refractivity contribution in [2.75, 3.05) is 11.1 Å². The SMILES string of the molecule is CC[S+]([O-])Cn1nc(NC(=O)c2cccnc2)cc1C. The molecule has 0 aliphatic carbocycles. The van der Waals surface area contributed by atoms with Gasteiger partial charge in [-0.15, -0.1) is 0 Å². The summed E-state index contributed by atoms with van der Waals surface area (Å²) in [6, 6.07) is 5.13. The Labute approximate surface area is 120 Å². The van der Waals surface area contributed by atoms with E-state index in [4.69, 9.17) is 0 Å². The molecule has 2 heterocycles. The molecule has 0 saturated carbocycles. The number of nitrogens with zero attached hydrogens (tertiary/aromatic N) is 3. The molecule has 0 fully saturated rings. The molecule has 0 spiro atoms. The van der Waals surface area contributed by atoms with E-state index in [1.807, 2.05) is 13.8 Å². The first-order valence-electron chi connectivity index (χ1n) is 6.21. The molecular weight excluding hydrogens is 276 g/mol. The lowest BCUT2D eigenvalue weighted by atomic mass is 10.3. The molecule has 6 nitrogen and oxygen atoms in total. The van der Waals surface area contributed by atoms with Gasteiger partial charge in [0.1, 0.15) is 5.75 Å². The second-order valence-corrected chi connectivity index (χ2v) is 5.94. The zero-order valence-corrected chi connectivity index (χ0v) is 12.2. The molecule has 0 radical (unpaired) electrons. The van der Waals surface area contributed by atoms with Gasteiger partial charge in [0, 0.05) is 24.2 Å². The van der Waals surface area contributed by atoms with E-state index in [0.717, 1.165) is 5.69 Å². The first kappa shape index (κ1) is 14.5. The Kier molecular flexibility index (Phi) is 4.75. The van der Waals surface area contributed by atoms with E-state index in [-0.39, 0.29) is 5.91 Å². The molecule has 1 unspecified atom stereocenters. The van der Waals surface area contributed by atoms with Crippen molar-refractivity contribution in [1.29, 1.82) is 0 Å². The Morgan fingerprint density at radius 1 is 1.55 bits per heavy atom. The van der Waals surface area contributed by atoms with Crippen molar-refractivity contribution in [1.82, 2.24) is 14.8 Å². The molecule has 0 aromatic carbocycles. The second-order valence-electron chi connectivity index (χ2n) is 4.22. The van der Waals surface area contributed by atoms with Gasteiger partial charge in [-0.2, -0.15) is 5.10 Å². The molecule has 1 atom stereocenters. The minimum absolute atomic E-state index is 0.264. The van der Waals surface area contributed by atoms with Crippen LogP contribution in [0.25, 0.3) is 0 Å². The van der Waals surface area contributed by atoms with Crippen LogP contribution in [0.5, 0.6) is 0 Å². The number of carbonyl (C=O) groups excluding carboxylic acids is 1. The van der Waals surface area contributed by atoms with Crippen LogP contribution in [-0.2, 0) is 17.1 Å². The van der Waals surface area contributed by atoms with Crippen LogP contribution in [0.1, 0.15) is 23.0 Å². The number of amides is 1. The average molecular weight is 292 g/mol. The van der Waals surface area contributed by atoms with E-state index in [0.29, 0.717) is 23.0 Å². The minimum Gasteiger partial charge on any atom is -0.615 e. The largest absolute Gasteiger partial charge is 0.615 e. The minimum atomic E-state index is -0.946. The lowest BCUT2D eigenvalue weighted by Gasteiger charge is -2.09. The first-order chi connectivity index (χ1) is 9.60. The molecule has 0 aliphatic heterocycles. The van der Waals surface area contributed by atoms with E-state index in [1.165, 1.54) is 6.20 Å².